The van der Waals surface area contributed by atoms with Crippen molar-refractivity contribution < 1.29 is 9.53 Å². The van der Waals surface area contributed by atoms with Crippen LogP contribution in [-0.2, 0) is 4.74 Å². The van der Waals surface area contributed by atoms with E-state index in [1.54, 1.807) is 11.1 Å². The maximum atomic E-state index is 11.9. The Balaban J connectivity index is 1.76. The minimum Gasteiger partial charge on any atom is -0.449 e. The molecule has 1 aromatic rings. The summed E-state index contributed by atoms with van der Waals surface area (Å²) in [5, 5.41) is 3.61. The first-order chi connectivity index (χ1) is 11.1. The van der Waals surface area contributed by atoms with E-state index in [4.69, 9.17) is 16.3 Å². The van der Waals surface area contributed by atoms with Crippen LogP contribution in [0.2, 0.25) is 5.28 Å². The van der Waals surface area contributed by atoms with Gasteiger partial charge in [0.25, 0.3) is 0 Å². The van der Waals surface area contributed by atoms with Crippen molar-refractivity contribution in [1.29, 1.82) is 0 Å². The predicted octanol–water partition coefficient (Wildman–Crippen LogP) is 3.58. The van der Waals surface area contributed by atoms with Crippen LogP contribution in [0.4, 0.5) is 10.6 Å². The topological polar surface area (TPSA) is 67.3 Å². The summed E-state index contributed by atoms with van der Waals surface area (Å²) in [6.45, 7) is 6.22. The fraction of sp³-hybridized carbons (Fsp3) is 0.688. The number of anilines is 1. The Morgan fingerprint density at radius 2 is 2.26 bits per heavy atom. The largest absolute Gasteiger partial charge is 0.449 e. The zero-order chi connectivity index (χ0) is 16.7. The number of nitrogens with one attached hydrogen (secondary N) is 1. The second-order valence-electron chi connectivity index (χ2n) is 5.94. The van der Waals surface area contributed by atoms with Crippen LogP contribution in [0.3, 0.4) is 0 Å². The summed E-state index contributed by atoms with van der Waals surface area (Å²) >= 11 is 5.80. The van der Waals surface area contributed by atoms with Crippen molar-refractivity contribution in [2.24, 2.45) is 5.92 Å². The van der Waals surface area contributed by atoms with Crippen molar-refractivity contribution in [1.82, 2.24) is 14.9 Å². The minimum absolute atomic E-state index is 0.180. The molecule has 0 saturated carbocycles. The highest BCUT2D eigenvalue weighted by Crippen LogP contribution is 2.23. The van der Waals surface area contributed by atoms with Gasteiger partial charge >= 0.3 is 6.09 Å². The molecule has 1 N–H and O–H groups in total. The first-order valence-electron chi connectivity index (χ1n) is 8.27. The third kappa shape index (κ3) is 5.53. The SMILES string of the molecule is CCCCOC(=O)N1CCC(C(C)Nc2ccnc(Cl)n2)CC1. The lowest BCUT2D eigenvalue weighted by Gasteiger charge is -2.34. The molecule has 2 heterocycles. The van der Waals surface area contributed by atoms with E-state index in [1.165, 1.54) is 0 Å². The molecule has 0 aliphatic carbocycles. The van der Waals surface area contributed by atoms with Gasteiger partial charge in [0.15, 0.2) is 0 Å². The van der Waals surface area contributed by atoms with Crippen molar-refractivity contribution in [2.45, 2.75) is 45.6 Å². The van der Waals surface area contributed by atoms with Crippen LogP contribution in [0.15, 0.2) is 12.3 Å². The number of ether oxygens (including phenoxy) is 1. The summed E-state index contributed by atoms with van der Waals surface area (Å²) in [7, 11) is 0. The number of nitrogens with zero attached hydrogens (tertiary/aromatic N) is 3. The molecule has 128 valence electrons. The molecule has 0 radical (unpaired) electrons. The van der Waals surface area contributed by atoms with E-state index in [0.717, 1.165) is 44.6 Å². The number of unbranched alkanes of at least 4 members (excludes halogenated alkanes) is 1. The van der Waals surface area contributed by atoms with E-state index in [1.807, 2.05) is 6.07 Å². The van der Waals surface area contributed by atoms with Gasteiger partial charge in [-0.2, -0.15) is 0 Å². The van der Waals surface area contributed by atoms with Gasteiger partial charge in [-0.3, -0.25) is 0 Å². The van der Waals surface area contributed by atoms with Gasteiger partial charge in [-0.15, -0.1) is 0 Å². The van der Waals surface area contributed by atoms with Crippen LogP contribution in [0.1, 0.15) is 39.5 Å². The highest BCUT2D eigenvalue weighted by atomic mass is 35.5. The second-order valence-corrected chi connectivity index (χ2v) is 6.27. The van der Waals surface area contributed by atoms with E-state index < -0.39 is 0 Å². The van der Waals surface area contributed by atoms with Crippen molar-refractivity contribution in [3.05, 3.63) is 17.5 Å². The number of hydrogen-bond donors (Lipinski definition) is 1. The first-order valence-corrected chi connectivity index (χ1v) is 8.64. The fourth-order valence-corrected chi connectivity index (χ4v) is 2.89. The number of aromatic nitrogens is 2. The van der Waals surface area contributed by atoms with Crippen molar-refractivity contribution in [2.75, 3.05) is 25.0 Å². The third-order valence-electron chi connectivity index (χ3n) is 4.23. The Labute approximate surface area is 142 Å². The van der Waals surface area contributed by atoms with Gasteiger partial charge in [-0.25, -0.2) is 14.8 Å². The highest BCUT2D eigenvalue weighted by Gasteiger charge is 2.27. The van der Waals surface area contributed by atoms with Gasteiger partial charge in [-0.1, -0.05) is 13.3 Å². The number of hydrogen-bond acceptors (Lipinski definition) is 5. The van der Waals surface area contributed by atoms with Gasteiger partial charge in [0, 0.05) is 25.3 Å². The quantitative estimate of drug-likeness (QED) is 0.633. The zero-order valence-electron chi connectivity index (χ0n) is 13.8. The number of carbonyl (C=O) groups is 1. The number of likely N-dealkylation sites (tertiary alicyclic amines) is 1. The van der Waals surface area contributed by atoms with E-state index in [-0.39, 0.29) is 17.4 Å². The maximum absolute atomic E-state index is 11.9. The molecule has 0 bridgehead atoms. The average Bonchev–Trinajstić information content (AvgIpc) is 2.55. The lowest BCUT2D eigenvalue weighted by Crippen LogP contribution is -2.42. The summed E-state index contributed by atoms with van der Waals surface area (Å²) in [6, 6.07) is 2.07. The highest BCUT2D eigenvalue weighted by molar-refractivity contribution is 6.28. The van der Waals surface area contributed by atoms with E-state index in [0.29, 0.717) is 12.5 Å². The molecule has 1 aromatic heterocycles. The van der Waals surface area contributed by atoms with Crippen LogP contribution in [0.25, 0.3) is 0 Å². The number of carbonyl (C=O) groups excluding carboxylic acids is 1. The number of piperidine rings is 1. The summed E-state index contributed by atoms with van der Waals surface area (Å²) in [5.74, 6) is 1.22. The molecular weight excluding hydrogens is 316 g/mol. The molecule has 0 aromatic carbocycles. The Kier molecular flexibility index (Phi) is 6.89. The number of amides is 1. The van der Waals surface area contributed by atoms with Gasteiger partial charge in [0.05, 0.1) is 6.61 Å². The zero-order valence-corrected chi connectivity index (χ0v) is 14.6. The normalized spacial score (nSPS) is 16.9. The molecule has 1 aliphatic rings. The molecule has 23 heavy (non-hydrogen) atoms. The summed E-state index contributed by atoms with van der Waals surface area (Å²) in [5.41, 5.74) is 0. The fourth-order valence-electron chi connectivity index (χ4n) is 2.74. The smallest absolute Gasteiger partial charge is 0.409 e. The molecular formula is C16H25ClN4O2. The van der Waals surface area contributed by atoms with Crippen LogP contribution in [0.5, 0.6) is 0 Å². The lowest BCUT2D eigenvalue weighted by molar-refractivity contribution is 0.0853. The summed E-state index contributed by atoms with van der Waals surface area (Å²) in [4.78, 5) is 21.8. The Bertz CT molecular complexity index is 507. The maximum Gasteiger partial charge on any atom is 0.409 e. The monoisotopic (exact) mass is 340 g/mol. The van der Waals surface area contributed by atoms with Crippen LogP contribution < -0.4 is 5.32 Å². The average molecular weight is 341 g/mol. The van der Waals surface area contributed by atoms with Gasteiger partial charge in [0.2, 0.25) is 5.28 Å². The Hall–Kier alpha value is -1.56. The van der Waals surface area contributed by atoms with Gasteiger partial charge in [0.1, 0.15) is 5.82 Å². The van der Waals surface area contributed by atoms with Crippen LogP contribution in [0, 0.1) is 5.92 Å². The molecule has 2 rings (SSSR count). The van der Waals surface area contributed by atoms with Crippen LogP contribution >= 0.6 is 11.6 Å². The Morgan fingerprint density at radius 3 is 2.91 bits per heavy atom. The molecule has 1 amide bonds. The molecule has 1 aliphatic heterocycles. The minimum atomic E-state index is -0.180. The van der Waals surface area contributed by atoms with E-state index in [9.17, 15) is 4.79 Å². The first kappa shape index (κ1) is 17.8. The lowest BCUT2D eigenvalue weighted by atomic mass is 9.90. The Morgan fingerprint density at radius 1 is 1.52 bits per heavy atom. The van der Waals surface area contributed by atoms with Crippen molar-refractivity contribution >= 4 is 23.5 Å². The second kappa shape index (κ2) is 8.91. The summed E-state index contributed by atoms with van der Waals surface area (Å²) in [6.07, 6.45) is 5.32. The van der Waals surface area contributed by atoms with Crippen molar-refractivity contribution in [3.63, 3.8) is 0 Å². The van der Waals surface area contributed by atoms with E-state index in [2.05, 4.69) is 29.1 Å². The molecule has 6 nitrogen and oxygen atoms in total. The molecule has 1 fully saturated rings. The standard InChI is InChI=1S/C16H25ClN4O2/c1-3-4-11-23-16(22)21-9-6-13(7-10-21)12(2)19-14-5-8-18-15(17)20-14/h5,8,12-13H,3-4,6-7,9-11H2,1-2H3,(H,18,19,20). The molecule has 1 atom stereocenters. The number of halogens is 1. The molecule has 1 saturated heterocycles. The molecule has 1 unspecified atom stereocenters. The van der Waals surface area contributed by atoms with Gasteiger partial charge in [-0.05, 0) is 49.8 Å². The predicted molar refractivity (Wildman–Crippen MR) is 90.7 cm³/mol. The third-order valence-corrected chi connectivity index (χ3v) is 4.41. The van der Waals surface area contributed by atoms with Gasteiger partial charge < -0.3 is 15.0 Å². The van der Waals surface area contributed by atoms with Crippen molar-refractivity contribution in [3.8, 4) is 0 Å². The summed E-state index contributed by atoms with van der Waals surface area (Å²) < 4.78 is 5.27. The van der Waals surface area contributed by atoms with E-state index >= 15 is 0 Å². The molecule has 0 spiro atoms. The molecule has 7 heteroatoms. The van der Waals surface area contributed by atoms with Crippen LogP contribution in [-0.4, -0.2) is 46.7 Å². The number of rotatable bonds is 6.